The minimum Gasteiger partial charge on any atom is -0.378 e. The van der Waals surface area contributed by atoms with Gasteiger partial charge >= 0.3 is 0 Å². The zero-order chi connectivity index (χ0) is 41.0. The summed E-state index contributed by atoms with van der Waals surface area (Å²) in [6.07, 6.45) is 14.5. The Kier molecular flexibility index (Phi) is 8.13. The standard InChI is InChI=1S/C50H34N12/c1-9-30-25-38(34-13-5-21-55-46(34)42(30)51-17-1)59-29-50(60-39-26-31-10-2-18-52-43(31)47-35(39)14-6-22-56-47,61-40-27-32-11-3-19-53-44(32)48-36(40)15-7-23-57-48)62-41-28-33-12-4-20-54-45(33)49-37(41)16-8-24-58-49/h1-28,59-62H,29H2. The van der Waals surface area contributed by atoms with Gasteiger partial charge in [0.05, 0.1) is 50.7 Å². The number of nitrogens with one attached hydrogen (secondary N) is 4. The Morgan fingerprint density at radius 2 is 0.565 bits per heavy atom. The van der Waals surface area contributed by atoms with Gasteiger partial charge in [-0.1, -0.05) is 24.3 Å². The number of hydrogen-bond donors (Lipinski definition) is 4. The molecule has 12 nitrogen and oxygen atoms in total. The summed E-state index contributed by atoms with van der Waals surface area (Å²) >= 11 is 0. The van der Waals surface area contributed by atoms with Gasteiger partial charge in [0.25, 0.3) is 0 Å². The minimum absolute atomic E-state index is 0.273. The van der Waals surface area contributed by atoms with Crippen molar-refractivity contribution in [3.05, 3.63) is 171 Å². The smallest absolute Gasteiger partial charge is 0.203 e. The fraction of sp³-hybridized carbons (Fsp3) is 0.0400. The second-order valence-corrected chi connectivity index (χ2v) is 15.2. The van der Waals surface area contributed by atoms with E-state index < -0.39 is 5.79 Å². The van der Waals surface area contributed by atoms with Crippen molar-refractivity contribution < 1.29 is 0 Å². The molecular formula is C50H34N12. The molecule has 0 spiro atoms. The van der Waals surface area contributed by atoms with E-state index in [1.165, 1.54) is 0 Å². The molecule has 0 saturated heterocycles. The zero-order valence-electron chi connectivity index (χ0n) is 33.0. The second-order valence-electron chi connectivity index (χ2n) is 15.2. The predicted octanol–water partition coefficient (Wildman–Crippen LogP) is 10.5. The Morgan fingerprint density at radius 1 is 0.306 bits per heavy atom. The van der Waals surface area contributed by atoms with Crippen molar-refractivity contribution in [2.24, 2.45) is 0 Å². The number of fused-ring (bicyclic) bond motifs is 12. The third-order valence-electron chi connectivity index (χ3n) is 11.4. The molecule has 0 amide bonds. The van der Waals surface area contributed by atoms with Gasteiger partial charge in [0.1, 0.15) is 0 Å². The van der Waals surface area contributed by atoms with Crippen molar-refractivity contribution in [3.8, 4) is 0 Å². The Labute approximate surface area is 353 Å². The van der Waals surface area contributed by atoms with Crippen LogP contribution in [0.3, 0.4) is 0 Å². The lowest BCUT2D eigenvalue weighted by molar-refractivity contribution is 0.636. The van der Waals surface area contributed by atoms with E-state index in [0.29, 0.717) is 0 Å². The lowest BCUT2D eigenvalue weighted by Gasteiger charge is -2.40. The predicted molar refractivity (Wildman–Crippen MR) is 250 cm³/mol. The first-order valence-electron chi connectivity index (χ1n) is 20.3. The fourth-order valence-electron chi connectivity index (χ4n) is 8.71. The highest BCUT2D eigenvalue weighted by Crippen LogP contribution is 2.38. The van der Waals surface area contributed by atoms with E-state index in [1.807, 2.05) is 73.3 Å². The Morgan fingerprint density at radius 3 is 0.887 bits per heavy atom. The molecule has 0 saturated carbocycles. The molecule has 0 bridgehead atoms. The zero-order valence-corrected chi connectivity index (χ0v) is 33.0. The Bertz CT molecular complexity index is 3440. The summed E-state index contributed by atoms with van der Waals surface area (Å²) < 4.78 is 0. The number of nitrogens with zero attached hydrogens (tertiary/aromatic N) is 8. The summed E-state index contributed by atoms with van der Waals surface area (Å²) in [5, 5.41) is 23.5. The van der Waals surface area contributed by atoms with Gasteiger partial charge in [-0.2, -0.15) is 0 Å². The molecule has 8 heterocycles. The molecule has 0 atom stereocenters. The third kappa shape index (κ3) is 5.92. The van der Waals surface area contributed by atoms with Gasteiger partial charge in [-0.3, -0.25) is 39.9 Å². The lowest BCUT2D eigenvalue weighted by Crippen LogP contribution is -2.58. The summed E-state index contributed by atoms with van der Waals surface area (Å²) in [5.41, 5.74) is 9.85. The molecule has 4 N–H and O–H groups in total. The molecule has 0 unspecified atom stereocenters. The largest absolute Gasteiger partial charge is 0.378 e. The molecule has 8 aromatic heterocycles. The molecule has 62 heavy (non-hydrogen) atoms. The number of rotatable bonds is 9. The Balaban J connectivity index is 1.13. The third-order valence-corrected chi connectivity index (χ3v) is 11.4. The van der Waals surface area contributed by atoms with Gasteiger partial charge < -0.3 is 21.3 Å². The molecule has 0 fully saturated rings. The number of benzene rings is 4. The topological polar surface area (TPSA) is 151 Å². The maximum Gasteiger partial charge on any atom is 0.203 e. The van der Waals surface area contributed by atoms with Gasteiger partial charge in [-0.05, 0) is 97.1 Å². The molecule has 0 aliphatic rings. The summed E-state index contributed by atoms with van der Waals surface area (Å²) in [6.45, 7) is 0.273. The normalized spacial score (nSPS) is 11.9. The van der Waals surface area contributed by atoms with Crippen LogP contribution in [0.5, 0.6) is 0 Å². The molecule has 0 aliphatic heterocycles. The quantitative estimate of drug-likeness (QED) is 0.0812. The number of pyridine rings is 8. The fourth-order valence-corrected chi connectivity index (χ4v) is 8.71. The van der Waals surface area contributed by atoms with Crippen LogP contribution in [0, 0.1) is 0 Å². The van der Waals surface area contributed by atoms with E-state index in [9.17, 15) is 0 Å². The molecule has 0 aliphatic carbocycles. The number of anilines is 4. The minimum atomic E-state index is -1.23. The summed E-state index contributed by atoms with van der Waals surface area (Å²) in [6, 6.07) is 40.7. The van der Waals surface area contributed by atoms with E-state index in [-0.39, 0.29) is 6.54 Å². The van der Waals surface area contributed by atoms with Gasteiger partial charge in [0.15, 0.2) is 0 Å². The van der Waals surface area contributed by atoms with Crippen LogP contribution in [-0.4, -0.2) is 52.2 Å². The average molecular weight is 803 g/mol. The van der Waals surface area contributed by atoms with Crippen LogP contribution >= 0.6 is 0 Å². The van der Waals surface area contributed by atoms with Crippen molar-refractivity contribution >= 4 is 110 Å². The van der Waals surface area contributed by atoms with Crippen LogP contribution in [-0.2, 0) is 0 Å². The van der Waals surface area contributed by atoms with Crippen molar-refractivity contribution in [3.63, 3.8) is 0 Å². The molecule has 12 aromatic rings. The monoisotopic (exact) mass is 802 g/mol. The molecule has 12 heteroatoms. The van der Waals surface area contributed by atoms with Gasteiger partial charge in [-0.15, -0.1) is 0 Å². The maximum absolute atomic E-state index is 4.87. The Hall–Kier alpha value is -8.64. The van der Waals surface area contributed by atoms with Crippen LogP contribution in [0.4, 0.5) is 22.7 Å². The SMILES string of the molecule is c1cnc2c(c1)cc(NCC(Nc1cc3cccnc3c3ncccc13)(Nc1cc3cccnc3c3ncccc13)Nc1cc3cccnc3c3ncccc13)c1cccnc12. The van der Waals surface area contributed by atoms with Crippen molar-refractivity contribution in [2.75, 3.05) is 27.8 Å². The van der Waals surface area contributed by atoms with Crippen LogP contribution in [0.25, 0.3) is 87.2 Å². The molecule has 294 valence electrons. The lowest BCUT2D eigenvalue weighted by atomic mass is 10.0. The first-order valence-corrected chi connectivity index (χ1v) is 20.3. The number of hydrogen-bond acceptors (Lipinski definition) is 12. The number of aromatic nitrogens is 8. The summed E-state index contributed by atoms with van der Waals surface area (Å²) in [5.74, 6) is -1.23. The molecule has 4 aromatic carbocycles. The molecule has 0 radical (unpaired) electrons. The molecule has 12 rings (SSSR count). The first-order chi connectivity index (χ1) is 30.7. The first kappa shape index (κ1) is 35.3. The second kappa shape index (κ2) is 14.3. The van der Waals surface area contributed by atoms with Gasteiger partial charge in [-0.25, -0.2) is 0 Å². The van der Waals surface area contributed by atoms with Crippen molar-refractivity contribution in [1.29, 1.82) is 0 Å². The van der Waals surface area contributed by atoms with Crippen LogP contribution in [0.1, 0.15) is 0 Å². The van der Waals surface area contributed by atoms with Crippen LogP contribution in [0.2, 0.25) is 0 Å². The summed E-state index contributed by atoms with van der Waals surface area (Å²) in [7, 11) is 0. The van der Waals surface area contributed by atoms with Crippen molar-refractivity contribution in [1.82, 2.24) is 39.9 Å². The van der Waals surface area contributed by atoms with Gasteiger partial charge in [0, 0.05) is 115 Å². The maximum atomic E-state index is 4.87. The van der Waals surface area contributed by atoms with E-state index in [4.69, 9.17) is 39.9 Å². The van der Waals surface area contributed by atoms with Crippen LogP contribution in [0.15, 0.2) is 171 Å². The molecular weight excluding hydrogens is 769 g/mol. The summed E-state index contributed by atoms with van der Waals surface area (Å²) in [4.78, 5) is 38.5. The van der Waals surface area contributed by atoms with E-state index in [0.717, 1.165) is 110 Å². The average Bonchev–Trinajstić information content (AvgIpc) is 3.33. The highest BCUT2D eigenvalue weighted by atomic mass is 15.4. The van der Waals surface area contributed by atoms with Gasteiger partial charge in [0.2, 0.25) is 5.79 Å². The van der Waals surface area contributed by atoms with E-state index in [1.54, 1.807) is 24.8 Å². The van der Waals surface area contributed by atoms with Crippen molar-refractivity contribution in [2.45, 2.75) is 5.79 Å². The highest BCUT2D eigenvalue weighted by molar-refractivity contribution is 6.13. The highest BCUT2D eigenvalue weighted by Gasteiger charge is 2.34. The van der Waals surface area contributed by atoms with Crippen LogP contribution < -0.4 is 21.3 Å². The van der Waals surface area contributed by atoms with E-state index >= 15 is 0 Å². The van der Waals surface area contributed by atoms with E-state index in [2.05, 4.69) is 94.1 Å².